The van der Waals surface area contributed by atoms with Gasteiger partial charge in [-0.2, -0.15) is 0 Å². The summed E-state index contributed by atoms with van der Waals surface area (Å²) in [5.41, 5.74) is -0.189. The van der Waals surface area contributed by atoms with Crippen LogP contribution in [0.3, 0.4) is 0 Å². The number of carboxylic acid groups (broad SMARTS) is 1. The van der Waals surface area contributed by atoms with E-state index in [9.17, 15) is 13.2 Å². The van der Waals surface area contributed by atoms with Gasteiger partial charge in [0.1, 0.15) is 11.3 Å². The third-order valence-corrected chi connectivity index (χ3v) is 4.38. The van der Waals surface area contributed by atoms with Gasteiger partial charge in [0, 0.05) is 6.61 Å². The molecule has 0 heterocycles. The van der Waals surface area contributed by atoms with Gasteiger partial charge >= 0.3 is 5.97 Å². The van der Waals surface area contributed by atoms with Crippen LogP contribution in [-0.2, 0) is 9.84 Å². The monoisotopic (exact) mass is 288 g/mol. The van der Waals surface area contributed by atoms with Crippen molar-refractivity contribution in [3.05, 3.63) is 23.8 Å². The van der Waals surface area contributed by atoms with Crippen molar-refractivity contribution in [2.75, 3.05) is 19.5 Å². The lowest BCUT2D eigenvalue weighted by Crippen LogP contribution is -2.09. The van der Waals surface area contributed by atoms with Crippen molar-refractivity contribution < 1.29 is 28.2 Å². The molecule has 0 saturated heterocycles. The quantitative estimate of drug-likeness (QED) is 0.724. The average Bonchev–Trinajstić information content (AvgIpc) is 2.38. The first-order chi connectivity index (χ1) is 8.92. The number of benzene rings is 1. The van der Waals surface area contributed by atoms with Crippen molar-refractivity contribution in [2.45, 2.75) is 17.7 Å². The first kappa shape index (κ1) is 15.5. The molecule has 1 aromatic rings. The minimum atomic E-state index is -3.54. The lowest BCUT2D eigenvalue weighted by atomic mass is 10.2. The van der Waals surface area contributed by atoms with Crippen LogP contribution >= 0.6 is 0 Å². The SMILES string of the molecule is COc1ccc(S(=O)(=O)CCCCO)cc1C(=O)O. The minimum absolute atomic E-state index is 0.0522. The Labute approximate surface area is 111 Å². The predicted octanol–water partition coefficient (Wildman–Crippen LogP) is 0.940. The van der Waals surface area contributed by atoms with Crippen LogP contribution in [0.2, 0.25) is 0 Å². The van der Waals surface area contributed by atoms with Crippen molar-refractivity contribution in [1.82, 2.24) is 0 Å². The Bertz CT molecular complexity index is 549. The smallest absolute Gasteiger partial charge is 0.339 e. The number of aliphatic hydroxyl groups excluding tert-OH is 1. The van der Waals surface area contributed by atoms with Crippen LogP contribution in [0.4, 0.5) is 0 Å². The Hall–Kier alpha value is -1.60. The zero-order valence-corrected chi connectivity index (χ0v) is 11.3. The lowest BCUT2D eigenvalue weighted by Gasteiger charge is -2.08. The number of sulfone groups is 1. The molecule has 0 saturated carbocycles. The molecule has 1 aromatic carbocycles. The second-order valence-corrected chi connectivity index (χ2v) is 6.03. The summed E-state index contributed by atoms with van der Waals surface area (Å²) in [6, 6.07) is 3.73. The number of hydrogen-bond donors (Lipinski definition) is 2. The van der Waals surface area contributed by atoms with Crippen LogP contribution in [0.5, 0.6) is 5.75 Å². The highest BCUT2D eigenvalue weighted by molar-refractivity contribution is 7.91. The van der Waals surface area contributed by atoms with Crippen molar-refractivity contribution in [3.8, 4) is 5.75 Å². The molecule has 0 atom stereocenters. The summed E-state index contributed by atoms with van der Waals surface area (Å²) < 4.78 is 28.8. The molecule has 0 fully saturated rings. The summed E-state index contributed by atoms with van der Waals surface area (Å²) in [6.45, 7) is -0.0709. The Morgan fingerprint density at radius 1 is 1.32 bits per heavy atom. The first-order valence-electron chi connectivity index (χ1n) is 5.67. The van der Waals surface area contributed by atoms with Gasteiger partial charge in [-0.25, -0.2) is 13.2 Å². The molecule has 0 aromatic heterocycles. The van der Waals surface area contributed by atoms with Gasteiger partial charge in [0.15, 0.2) is 9.84 Å². The molecular weight excluding hydrogens is 272 g/mol. The van der Waals surface area contributed by atoms with Crippen LogP contribution < -0.4 is 4.74 Å². The molecule has 0 aliphatic heterocycles. The van der Waals surface area contributed by atoms with Gasteiger partial charge in [-0.05, 0) is 31.0 Å². The number of carboxylic acids is 1. The lowest BCUT2D eigenvalue weighted by molar-refractivity contribution is 0.0693. The Morgan fingerprint density at radius 2 is 2.00 bits per heavy atom. The Kier molecular flexibility index (Phi) is 5.31. The third-order valence-electron chi connectivity index (χ3n) is 2.58. The van der Waals surface area contributed by atoms with Crippen LogP contribution in [0.15, 0.2) is 23.1 Å². The first-order valence-corrected chi connectivity index (χ1v) is 7.32. The number of ether oxygens (including phenoxy) is 1. The van der Waals surface area contributed by atoms with Crippen molar-refractivity contribution >= 4 is 15.8 Å². The summed E-state index contributed by atoms with van der Waals surface area (Å²) in [5, 5.41) is 17.6. The van der Waals surface area contributed by atoms with E-state index >= 15 is 0 Å². The molecule has 106 valence electrons. The molecule has 6 nitrogen and oxygen atoms in total. The van der Waals surface area contributed by atoms with E-state index in [1.165, 1.54) is 19.2 Å². The number of unbranched alkanes of at least 4 members (excludes halogenated alkanes) is 1. The molecule has 1 rings (SSSR count). The standard InChI is InChI=1S/C12H16O6S/c1-18-11-5-4-9(8-10(11)12(14)15)19(16,17)7-3-2-6-13/h4-5,8,13H,2-3,6-7H2,1H3,(H,14,15). The number of methoxy groups -OCH3 is 1. The number of hydrogen-bond acceptors (Lipinski definition) is 5. The molecule has 0 aliphatic rings. The zero-order chi connectivity index (χ0) is 14.5. The molecule has 0 radical (unpaired) electrons. The van der Waals surface area contributed by atoms with E-state index in [2.05, 4.69) is 0 Å². The number of aliphatic hydroxyl groups is 1. The normalized spacial score (nSPS) is 11.3. The van der Waals surface area contributed by atoms with Gasteiger partial charge < -0.3 is 14.9 Å². The highest BCUT2D eigenvalue weighted by Crippen LogP contribution is 2.23. The number of carbonyl (C=O) groups is 1. The van der Waals surface area contributed by atoms with Crippen LogP contribution in [-0.4, -0.2) is 44.1 Å². The van der Waals surface area contributed by atoms with E-state index in [0.717, 1.165) is 6.07 Å². The molecule has 0 bridgehead atoms. The van der Waals surface area contributed by atoms with Crippen LogP contribution in [0.25, 0.3) is 0 Å². The second kappa shape index (κ2) is 6.53. The fourth-order valence-corrected chi connectivity index (χ4v) is 2.96. The van der Waals surface area contributed by atoms with E-state index in [0.29, 0.717) is 12.8 Å². The van der Waals surface area contributed by atoms with Crippen molar-refractivity contribution in [3.63, 3.8) is 0 Å². The molecule has 0 spiro atoms. The van der Waals surface area contributed by atoms with E-state index in [1.54, 1.807) is 0 Å². The molecular formula is C12H16O6S. The Balaban J connectivity index is 3.07. The van der Waals surface area contributed by atoms with Crippen molar-refractivity contribution in [1.29, 1.82) is 0 Å². The van der Waals surface area contributed by atoms with Crippen molar-refractivity contribution in [2.24, 2.45) is 0 Å². The maximum Gasteiger partial charge on any atom is 0.339 e. The molecule has 19 heavy (non-hydrogen) atoms. The number of aromatic carboxylic acids is 1. The fourth-order valence-electron chi connectivity index (χ4n) is 1.57. The third kappa shape index (κ3) is 3.93. The maximum atomic E-state index is 12.0. The van der Waals surface area contributed by atoms with Gasteiger partial charge in [-0.15, -0.1) is 0 Å². The predicted molar refractivity (Wildman–Crippen MR) is 68.3 cm³/mol. The summed E-state index contributed by atoms with van der Waals surface area (Å²) in [7, 11) is -2.23. The fraction of sp³-hybridized carbons (Fsp3) is 0.417. The van der Waals surface area contributed by atoms with Crippen LogP contribution in [0, 0.1) is 0 Å². The molecule has 0 aliphatic carbocycles. The van der Waals surface area contributed by atoms with E-state index in [-0.39, 0.29) is 28.6 Å². The molecule has 0 amide bonds. The van der Waals surface area contributed by atoms with Gasteiger partial charge in [-0.3, -0.25) is 0 Å². The highest BCUT2D eigenvalue weighted by Gasteiger charge is 2.19. The molecule has 7 heteroatoms. The van der Waals surface area contributed by atoms with E-state index in [1.807, 2.05) is 0 Å². The van der Waals surface area contributed by atoms with Gasteiger partial charge in [-0.1, -0.05) is 0 Å². The topological polar surface area (TPSA) is 101 Å². The molecule has 0 unspecified atom stereocenters. The highest BCUT2D eigenvalue weighted by atomic mass is 32.2. The summed E-state index contributed by atoms with van der Waals surface area (Å²) in [4.78, 5) is 11.0. The van der Waals surface area contributed by atoms with E-state index < -0.39 is 15.8 Å². The summed E-state index contributed by atoms with van der Waals surface area (Å²) in [5.74, 6) is -1.26. The van der Waals surface area contributed by atoms with E-state index in [4.69, 9.17) is 14.9 Å². The Morgan fingerprint density at radius 3 is 2.53 bits per heavy atom. The van der Waals surface area contributed by atoms with Gasteiger partial charge in [0.2, 0.25) is 0 Å². The summed E-state index contributed by atoms with van der Waals surface area (Å²) >= 11 is 0. The van der Waals surface area contributed by atoms with Crippen LogP contribution in [0.1, 0.15) is 23.2 Å². The minimum Gasteiger partial charge on any atom is -0.496 e. The van der Waals surface area contributed by atoms with Gasteiger partial charge in [0.05, 0.1) is 17.8 Å². The summed E-state index contributed by atoms with van der Waals surface area (Å²) in [6.07, 6.45) is 0.717. The largest absolute Gasteiger partial charge is 0.496 e. The number of rotatable bonds is 7. The molecule has 2 N–H and O–H groups in total. The zero-order valence-electron chi connectivity index (χ0n) is 10.5. The van der Waals surface area contributed by atoms with Gasteiger partial charge in [0.25, 0.3) is 0 Å². The maximum absolute atomic E-state index is 12.0. The average molecular weight is 288 g/mol. The second-order valence-electron chi connectivity index (χ2n) is 3.92.